The first kappa shape index (κ1) is 14.4. The van der Waals surface area contributed by atoms with E-state index in [1.807, 2.05) is 50.2 Å². The van der Waals surface area contributed by atoms with Crippen LogP contribution in [0.25, 0.3) is 21.5 Å². The molecular formula is C19H18O3. The van der Waals surface area contributed by atoms with Crippen LogP contribution in [0.4, 0.5) is 0 Å². The van der Waals surface area contributed by atoms with E-state index in [4.69, 9.17) is 4.74 Å². The number of phenolic OH excluding ortho intramolecular Hbond substituents is 1. The van der Waals surface area contributed by atoms with Crippen molar-refractivity contribution in [2.24, 2.45) is 5.92 Å². The summed E-state index contributed by atoms with van der Waals surface area (Å²) < 4.78 is 5.26. The van der Waals surface area contributed by atoms with Gasteiger partial charge in [-0.05, 0) is 34.2 Å². The number of carbonyl (C=O) groups is 1. The molecule has 0 aliphatic heterocycles. The van der Waals surface area contributed by atoms with Gasteiger partial charge in [-0.2, -0.15) is 0 Å². The van der Waals surface area contributed by atoms with Gasteiger partial charge in [-0.15, -0.1) is 0 Å². The van der Waals surface area contributed by atoms with Crippen LogP contribution in [0.3, 0.4) is 0 Å². The zero-order valence-corrected chi connectivity index (χ0v) is 12.7. The molecule has 0 aromatic heterocycles. The number of rotatable bonds is 3. The Morgan fingerprint density at radius 2 is 1.82 bits per heavy atom. The second kappa shape index (κ2) is 5.68. The van der Waals surface area contributed by atoms with Gasteiger partial charge in [0.15, 0.2) is 0 Å². The highest BCUT2D eigenvalue weighted by atomic mass is 16.5. The van der Waals surface area contributed by atoms with E-state index < -0.39 is 5.97 Å². The number of hydrogen-bond acceptors (Lipinski definition) is 3. The third-order valence-electron chi connectivity index (χ3n) is 3.62. The van der Waals surface area contributed by atoms with Gasteiger partial charge in [0.2, 0.25) is 0 Å². The smallest absolute Gasteiger partial charge is 0.338 e. The summed E-state index contributed by atoms with van der Waals surface area (Å²) in [7, 11) is 0. The first-order valence-electron chi connectivity index (χ1n) is 7.38. The lowest BCUT2D eigenvalue weighted by Crippen LogP contribution is -2.10. The minimum atomic E-state index is -0.404. The lowest BCUT2D eigenvalue weighted by atomic mass is 9.99. The van der Waals surface area contributed by atoms with Crippen LogP contribution in [-0.2, 0) is 4.74 Å². The Morgan fingerprint density at radius 3 is 2.59 bits per heavy atom. The van der Waals surface area contributed by atoms with Crippen LogP contribution >= 0.6 is 0 Å². The van der Waals surface area contributed by atoms with Gasteiger partial charge in [0, 0.05) is 5.39 Å². The largest absolute Gasteiger partial charge is 0.507 e. The number of aromatic hydroxyl groups is 1. The Bertz CT molecular complexity index is 850. The first-order chi connectivity index (χ1) is 10.6. The predicted molar refractivity (Wildman–Crippen MR) is 88.2 cm³/mol. The number of ether oxygens (including phenoxy) is 1. The van der Waals surface area contributed by atoms with Gasteiger partial charge >= 0.3 is 5.97 Å². The number of fused-ring (bicyclic) bond motifs is 3. The maximum Gasteiger partial charge on any atom is 0.338 e. The second-order valence-electron chi connectivity index (χ2n) is 5.87. The fraction of sp³-hybridized carbons (Fsp3) is 0.211. The third kappa shape index (κ3) is 2.62. The molecule has 0 heterocycles. The summed E-state index contributed by atoms with van der Waals surface area (Å²) in [4.78, 5) is 12.1. The van der Waals surface area contributed by atoms with Crippen molar-refractivity contribution in [1.82, 2.24) is 0 Å². The van der Waals surface area contributed by atoms with Crippen molar-refractivity contribution in [2.45, 2.75) is 13.8 Å². The Labute approximate surface area is 129 Å². The molecule has 0 spiro atoms. The molecule has 0 amide bonds. The van der Waals surface area contributed by atoms with Gasteiger partial charge in [0.05, 0.1) is 12.2 Å². The number of phenols is 1. The van der Waals surface area contributed by atoms with Crippen molar-refractivity contribution in [3.8, 4) is 5.75 Å². The molecule has 3 heteroatoms. The molecule has 3 rings (SSSR count). The molecule has 3 aromatic rings. The average Bonchev–Trinajstić information content (AvgIpc) is 2.52. The van der Waals surface area contributed by atoms with Crippen LogP contribution in [-0.4, -0.2) is 17.7 Å². The van der Waals surface area contributed by atoms with Crippen molar-refractivity contribution in [2.75, 3.05) is 6.61 Å². The van der Waals surface area contributed by atoms with E-state index in [0.29, 0.717) is 12.2 Å². The molecule has 0 aliphatic carbocycles. The summed E-state index contributed by atoms with van der Waals surface area (Å²) in [5, 5.41) is 13.9. The Balaban J connectivity index is 2.13. The van der Waals surface area contributed by atoms with Gasteiger partial charge in [-0.1, -0.05) is 50.2 Å². The molecule has 0 aliphatic rings. The number of hydrogen-bond donors (Lipinski definition) is 1. The molecule has 3 aromatic carbocycles. The molecule has 22 heavy (non-hydrogen) atoms. The second-order valence-corrected chi connectivity index (χ2v) is 5.87. The summed E-state index contributed by atoms with van der Waals surface area (Å²) in [6, 6.07) is 15.0. The van der Waals surface area contributed by atoms with E-state index in [-0.39, 0.29) is 11.7 Å². The zero-order valence-electron chi connectivity index (χ0n) is 12.7. The SMILES string of the molecule is CC(C)COC(=O)c1cc(O)c2ccc3ccccc3c2c1. The molecule has 0 atom stereocenters. The molecule has 0 saturated carbocycles. The number of carbonyl (C=O) groups excluding carboxylic acids is 1. The third-order valence-corrected chi connectivity index (χ3v) is 3.62. The molecule has 112 valence electrons. The molecule has 1 N–H and O–H groups in total. The van der Waals surface area contributed by atoms with E-state index in [0.717, 1.165) is 21.5 Å². The standard InChI is InChI=1S/C19H18O3/c1-12(2)11-22-19(21)14-9-17-15-6-4-3-5-13(15)7-8-16(17)18(20)10-14/h3-10,12,20H,11H2,1-2H3. The maximum absolute atomic E-state index is 12.1. The highest BCUT2D eigenvalue weighted by Crippen LogP contribution is 2.32. The minimum Gasteiger partial charge on any atom is -0.507 e. The highest BCUT2D eigenvalue weighted by Gasteiger charge is 2.13. The van der Waals surface area contributed by atoms with Crippen LogP contribution in [0.15, 0.2) is 48.5 Å². The highest BCUT2D eigenvalue weighted by molar-refractivity contribution is 6.11. The maximum atomic E-state index is 12.1. The first-order valence-corrected chi connectivity index (χ1v) is 7.38. The van der Waals surface area contributed by atoms with Crippen molar-refractivity contribution in [3.05, 3.63) is 54.1 Å². The molecule has 0 fully saturated rings. The summed E-state index contributed by atoms with van der Waals surface area (Å²) in [5.41, 5.74) is 0.377. The van der Waals surface area contributed by atoms with E-state index in [1.165, 1.54) is 6.07 Å². The normalized spacial score (nSPS) is 11.2. The summed E-state index contributed by atoms with van der Waals surface area (Å²) in [6.45, 7) is 4.34. The lowest BCUT2D eigenvalue weighted by Gasteiger charge is -2.10. The van der Waals surface area contributed by atoms with Gasteiger partial charge in [-0.3, -0.25) is 0 Å². The van der Waals surface area contributed by atoms with Crippen molar-refractivity contribution >= 4 is 27.5 Å². The Kier molecular flexibility index (Phi) is 3.72. The minimum absolute atomic E-state index is 0.0970. The van der Waals surface area contributed by atoms with Gasteiger partial charge in [-0.25, -0.2) is 4.79 Å². The Morgan fingerprint density at radius 1 is 1.05 bits per heavy atom. The molecule has 0 bridgehead atoms. The quantitative estimate of drug-likeness (QED) is 0.571. The van der Waals surface area contributed by atoms with Crippen molar-refractivity contribution in [1.29, 1.82) is 0 Å². The summed E-state index contributed by atoms with van der Waals surface area (Å²) >= 11 is 0. The Hall–Kier alpha value is -2.55. The monoisotopic (exact) mass is 294 g/mol. The van der Waals surface area contributed by atoms with Gasteiger partial charge in [0.25, 0.3) is 0 Å². The number of benzene rings is 3. The van der Waals surface area contributed by atoms with Gasteiger partial charge in [0.1, 0.15) is 5.75 Å². The fourth-order valence-electron chi connectivity index (χ4n) is 2.54. The van der Waals surface area contributed by atoms with E-state index in [9.17, 15) is 9.90 Å². The summed E-state index contributed by atoms with van der Waals surface area (Å²) in [6.07, 6.45) is 0. The van der Waals surface area contributed by atoms with Crippen molar-refractivity contribution in [3.63, 3.8) is 0 Å². The molecule has 0 radical (unpaired) electrons. The van der Waals surface area contributed by atoms with Gasteiger partial charge < -0.3 is 9.84 Å². The predicted octanol–water partition coefficient (Wildman–Crippen LogP) is 4.51. The van der Waals surface area contributed by atoms with Crippen molar-refractivity contribution < 1.29 is 14.6 Å². The topological polar surface area (TPSA) is 46.5 Å². The molecular weight excluding hydrogens is 276 g/mol. The number of esters is 1. The fourth-order valence-corrected chi connectivity index (χ4v) is 2.54. The summed E-state index contributed by atoms with van der Waals surface area (Å²) in [5.74, 6) is -0.0302. The van der Waals surface area contributed by atoms with Crippen LogP contribution in [0.5, 0.6) is 5.75 Å². The lowest BCUT2D eigenvalue weighted by molar-refractivity contribution is 0.0459. The van der Waals surface area contributed by atoms with Crippen LogP contribution in [0.1, 0.15) is 24.2 Å². The van der Waals surface area contributed by atoms with E-state index in [2.05, 4.69) is 0 Å². The average molecular weight is 294 g/mol. The molecule has 0 saturated heterocycles. The van der Waals surface area contributed by atoms with Crippen LogP contribution in [0, 0.1) is 5.92 Å². The van der Waals surface area contributed by atoms with Crippen LogP contribution < -0.4 is 0 Å². The van der Waals surface area contributed by atoms with Crippen LogP contribution in [0.2, 0.25) is 0 Å². The zero-order chi connectivity index (χ0) is 15.7. The molecule has 3 nitrogen and oxygen atoms in total. The van der Waals surface area contributed by atoms with E-state index in [1.54, 1.807) is 6.07 Å². The molecule has 0 unspecified atom stereocenters. The van der Waals surface area contributed by atoms with E-state index >= 15 is 0 Å².